The summed E-state index contributed by atoms with van der Waals surface area (Å²) in [6.45, 7) is 0.747. The van der Waals surface area contributed by atoms with Gasteiger partial charge in [0.1, 0.15) is 5.75 Å². The minimum absolute atomic E-state index is 0.144. The van der Waals surface area contributed by atoms with Gasteiger partial charge in [-0.1, -0.05) is 38.5 Å². The lowest BCUT2D eigenvalue weighted by Crippen LogP contribution is -2.06. The van der Waals surface area contributed by atoms with Crippen molar-refractivity contribution in [3.8, 4) is 5.75 Å². The number of phenols is 1. The predicted molar refractivity (Wildman–Crippen MR) is 82.4 cm³/mol. The molecule has 0 aromatic heterocycles. The number of ether oxygens (including phenoxy) is 1. The van der Waals surface area contributed by atoms with Gasteiger partial charge < -0.3 is 14.9 Å². The van der Waals surface area contributed by atoms with E-state index >= 15 is 0 Å². The minimum Gasteiger partial charge on any atom is -0.508 e. The molecule has 0 aliphatic heterocycles. The molecule has 4 nitrogen and oxygen atoms in total. The lowest BCUT2D eigenvalue weighted by atomic mass is 10.1. The number of rotatable bonds is 11. The molecule has 4 heteroatoms. The van der Waals surface area contributed by atoms with Crippen molar-refractivity contribution in [3.05, 3.63) is 29.8 Å². The first-order valence-corrected chi connectivity index (χ1v) is 7.81. The van der Waals surface area contributed by atoms with Crippen LogP contribution in [-0.2, 0) is 4.74 Å². The molecule has 0 saturated heterocycles. The second-order valence-corrected chi connectivity index (χ2v) is 5.23. The number of hydrogen-bond acceptors (Lipinski definition) is 4. The predicted octanol–water partition coefficient (Wildman–Crippen LogP) is 3.66. The van der Waals surface area contributed by atoms with Gasteiger partial charge in [0.05, 0.1) is 12.2 Å². The molecule has 1 aromatic carbocycles. The summed E-state index contributed by atoms with van der Waals surface area (Å²) in [5.41, 5.74) is 0.469. The van der Waals surface area contributed by atoms with Crippen molar-refractivity contribution in [1.29, 1.82) is 0 Å². The van der Waals surface area contributed by atoms with Crippen LogP contribution < -0.4 is 0 Å². The van der Waals surface area contributed by atoms with Gasteiger partial charge in [-0.3, -0.25) is 0 Å². The molecule has 0 atom stereocenters. The van der Waals surface area contributed by atoms with Crippen LogP contribution in [0.2, 0.25) is 0 Å². The van der Waals surface area contributed by atoms with E-state index in [2.05, 4.69) is 0 Å². The maximum atomic E-state index is 11.7. The fourth-order valence-electron chi connectivity index (χ4n) is 2.12. The van der Waals surface area contributed by atoms with Crippen molar-refractivity contribution in [3.63, 3.8) is 0 Å². The molecule has 1 rings (SSSR count). The van der Waals surface area contributed by atoms with Crippen LogP contribution in [0.5, 0.6) is 5.75 Å². The highest BCUT2D eigenvalue weighted by Crippen LogP contribution is 2.11. The zero-order valence-electron chi connectivity index (χ0n) is 12.6. The smallest absolute Gasteiger partial charge is 0.338 e. The highest BCUT2D eigenvalue weighted by atomic mass is 16.5. The standard InChI is InChI=1S/C17H26O4/c18-13-7-5-3-1-2-4-6-8-14-21-17(20)15-9-11-16(19)12-10-15/h9-12,18-19H,1-8,13-14H2. The number of carbonyl (C=O) groups excluding carboxylic acids is 1. The zero-order chi connectivity index (χ0) is 15.3. The Hall–Kier alpha value is -1.55. The summed E-state index contributed by atoms with van der Waals surface area (Å²) in [7, 11) is 0. The summed E-state index contributed by atoms with van der Waals surface area (Å²) >= 11 is 0. The second-order valence-electron chi connectivity index (χ2n) is 5.23. The molecule has 0 unspecified atom stereocenters. The highest BCUT2D eigenvalue weighted by Gasteiger charge is 2.06. The van der Waals surface area contributed by atoms with Crippen molar-refractivity contribution in [1.82, 2.24) is 0 Å². The number of carbonyl (C=O) groups is 1. The summed E-state index contributed by atoms with van der Waals surface area (Å²) in [6, 6.07) is 6.08. The quantitative estimate of drug-likeness (QED) is 0.483. The van der Waals surface area contributed by atoms with Gasteiger partial charge in [-0.25, -0.2) is 4.79 Å². The molecular formula is C17H26O4. The molecule has 0 amide bonds. The Kier molecular flexibility index (Phi) is 9.29. The highest BCUT2D eigenvalue weighted by molar-refractivity contribution is 5.89. The number of phenolic OH excluding ortho intramolecular Hbond substituents is 1. The normalized spacial score (nSPS) is 10.5. The van der Waals surface area contributed by atoms with E-state index < -0.39 is 0 Å². The van der Waals surface area contributed by atoms with Crippen molar-refractivity contribution < 1.29 is 19.7 Å². The van der Waals surface area contributed by atoms with Gasteiger partial charge in [-0.2, -0.15) is 0 Å². The van der Waals surface area contributed by atoms with Crippen LogP contribution in [0.15, 0.2) is 24.3 Å². The summed E-state index contributed by atoms with van der Waals surface area (Å²) in [5, 5.41) is 17.8. The minimum atomic E-state index is -0.334. The van der Waals surface area contributed by atoms with Gasteiger partial charge in [-0.05, 0) is 37.1 Å². The van der Waals surface area contributed by atoms with E-state index in [0.29, 0.717) is 18.8 Å². The van der Waals surface area contributed by atoms with Crippen LogP contribution in [0.4, 0.5) is 0 Å². The number of esters is 1. The molecule has 0 radical (unpaired) electrons. The van der Waals surface area contributed by atoms with Crippen molar-refractivity contribution in [2.24, 2.45) is 0 Å². The summed E-state index contributed by atoms with van der Waals surface area (Å²) in [5.74, 6) is -0.190. The van der Waals surface area contributed by atoms with E-state index in [0.717, 1.165) is 32.1 Å². The van der Waals surface area contributed by atoms with Gasteiger partial charge in [-0.15, -0.1) is 0 Å². The molecule has 0 heterocycles. The first-order chi connectivity index (χ1) is 10.2. The second kappa shape index (κ2) is 11.1. The van der Waals surface area contributed by atoms with Crippen LogP contribution >= 0.6 is 0 Å². The average molecular weight is 294 g/mol. The Morgan fingerprint density at radius 3 is 1.95 bits per heavy atom. The van der Waals surface area contributed by atoms with Crippen LogP contribution in [-0.4, -0.2) is 29.4 Å². The fraction of sp³-hybridized carbons (Fsp3) is 0.588. The van der Waals surface area contributed by atoms with Crippen LogP contribution in [0.25, 0.3) is 0 Å². The van der Waals surface area contributed by atoms with Gasteiger partial charge >= 0.3 is 5.97 Å². The van der Waals surface area contributed by atoms with Gasteiger partial charge in [0, 0.05) is 6.61 Å². The number of benzene rings is 1. The topological polar surface area (TPSA) is 66.8 Å². The molecule has 0 bridgehead atoms. The van der Waals surface area contributed by atoms with Crippen molar-refractivity contribution in [2.75, 3.05) is 13.2 Å². The number of aromatic hydroxyl groups is 1. The van der Waals surface area contributed by atoms with Gasteiger partial charge in [0.15, 0.2) is 0 Å². The fourth-order valence-corrected chi connectivity index (χ4v) is 2.12. The lowest BCUT2D eigenvalue weighted by Gasteiger charge is -2.05. The van der Waals surface area contributed by atoms with E-state index in [1.807, 2.05) is 0 Å². The largest absolute Gasteiger partial charge is 0.508 e. The third-order valence-electron chi connectivity index (χ3n) is 3.39. The molecule has 2 N–H and O–H groups in total. The average Bonchev–Trinajstić information content (AvgIpc) is 2.49. The zero-order valence-corrected chi connectivity index (χ0v) is 12.6. The Labute approximate surface area is 126 Å². The maximum Gasteiger partial charge on any atom is 0.338 e. The molecule has 0 saturated carbocycles. The van der Waals surface area contributed by atoms with Gasteiger partial charge in [0.2, 0.25) is 0 Å². The molecule has 21 heavy (non-hydrogen) atoms. The van der Waals surface area contributed by atoms with Crippen LogP contribution in [0.3, 0.4) is 0 Å². The Morgan fingerprint density at radius 1 is 0.857 bits per heavy atom. The van der Waals surface area contributed by atoms with E-state index in [1.165, 1.54) is 31.4 Å². The molecular weight excluding hydrogens is 268 g/mol. The van der Waals surface area contributed by atoms with E-state index in [9.17, 15) is 4.79 Å². The molecule has 118 valence electrons. The summed E-state index contributed by atoms with van der Waals surface area (Å²) in [6.07, 6.45) is 8.76. The van der Waals surface area contributed by atoms with E-state index in [4.69, 9.17) is 14.9 Å². The summed E-state index contributed by atoms with van der Waals surface area (Å²) < 4.78 is 5.18. The summed E-state index contributed by atoms with van der Waals surface area (Å²) in [4.78, 5) is 11.7. The van der Waals surface area contributed by atoms with Crippen molar-refractivity contribution >= 4 is 5.97 Å². The monoisotopic (exact) mass is 294 g/mol. The third-order valence-corrected chi connectivity index (χ3v) is 3.39. The molecule has 0 aliphatic carbocycles. The molecule has 0 spiro atoms. The molecule has 1 aromatic rings. The van der Waals surface area contributed by atoms with Crippen LogP contribution in [0.1, 0.15) is 61.7 Å². The number of unbranched alkanes of at least 4 members (excludes halogenated alkanes) is 7. The molecule has 0 fully saturated rings. The Balaban J connectivity index is 1.96. The first kappa shape index (κ1) is 17.5. The van der Waals surface area contributed by atoms with E-state index in [1.54, 1.807) is 12.1 Å². The first-order valence-electron chi connectivity index (χ1n) is 7.81. The number of hydrogen-bond donors (Lipinski definition) is 2. The van der Waals surface area contributed by atoms with Crippen molar-refractivity contribution in [2.45, 2.75) is 51.4 Å². The number of aliphatic hydroxyl groups excluding tert-OH is 1. The SMILES string of the molecule is O=C(OCCCCCCCCCCO)c1ccc(O)cc1. The maximum absolute atomic E-state index is 11.7. The van der Waals surface area contributed by atoms with Crippen LogP contribution in [0, 0.1) is 0 Å². The molecule has 0 aliphatic rings. The number of aliphatic hydroxyl groups is 1. The van der Waals surface area contributed by atoms with E-state index in [-0.39, 0.29) is 11.7 Å². The Bertz CT molecular complexity index is 386. The lowest BCUT2D eigenvalue weighted by molar-refractivity contribution is 0.0497. The van der Waals surface area contributed by atoms with Gasteiger partial charge in [0.25, 0.3) is 0 Å². The Morgan fingerprint density at radius 2 is 1.38 bits per heavy atom. The third kappa shape index (κ3) is 8.35.